The molecule has 0 saturated heterocycles. The summed E-state index contributed by atoms with van der Waals surface area (Å²) in [6, 6.07) is 8.58. The molecule has 2 heterocycles. The van der Waals surface area contributed by atoms with Gasteiger partial charge >= 0.3 is 0 Å². The summed E-state index contributed by atoms with van der Waals surface area (Å²) in [4.78, 5) is 4.24. The number of aryl methyl sites for hydroxylation is 1. The fraction of sp³-hybridized carbons (Fsp3) is 0.286. The fourth-order valence-corrected chi connectivity index (χ4v) is 2.24. The van der Waals surface area contributed by atoms with E-state index in [-0.39, 0.29) is 0 Å². The Labute approximate surface area is 111 Å². The summed E-state index contributed by atoms with van der Waals surface area (Å²) in [5.74, 6) is 1.30. The lowest BCUT2D eigenvalue weighted by Gasteiger charge is -2.04. The van der Waals surface area contributed by atoms with Crippen molar-refractivity contribution >= 4 is 10.9 Å². The highest BCUT2D eigenvalue weighted by Crippen LogP contribution is 2.18. The van der Waals surface area contributed by atoms with Crippen molar-refractivity contribution in [1.29, 1.82) is 0 Å². The van der Waals surface area contributed by atoms with Gasteiger partial charge in [0.25, 0.3) is 0 Å². The minimum Gasteiger partial charge on any atom is -0.340 e. The van der Waals surface area contributed by atoms with E-state index in [1.54, 1.807) is 6.92 Å². The van der Waals surface area contributed by atoms with Crippen molar-refractivity contribution in [2.24, 2.45) is 0 Å². The second kappa shape index (κ2) is 4.85. The Kier molecular flexibility index (Phi) is 3.05. The van der Waals surface area contributed by atoms with E-state index in [9.17, 15) is 0 Å². The summed E-state index contributed by atoms with van der Waals surface area (Å²) < 4.78 is 7.14. The molecule has 0 aliphatic rings. The molecule has 0 spiro atoms. The third kappa shape index (κ3) is 2.37. The number of benzene rings is 1. The highest BCUT2D eigenvalue weighted by Gasteiger charge is 2.07. The topological polar surface area (TPSA) is 55.9 Å². The van der Waals surface area contributed by atoms with E-state index in [4.69, 9.17) is 4.52 Å². The normalized spacial score (nSPS) is 11.3. The summed E-state index contributed by atoms with van der Waals surface area (Å²) >= 11 is 0. The van der Waals surface area contributed by atoms with E-state index >= 15 is 0 Å². The summed E-state index contributed by atoms with van der Waals surface area (Å²) in [5.41, 5.74) is 2.45. The second-order valence-electron chi connectivity index (χ2n) is 4.60. The predicted molar refractivity (Wildman–Crippen MR) is 72.8 cm³/mol. The van der Waals surface area contributed by atoms with Crippen molar-refractivity contribution in [3.63, 3.8) is 0 Å². The first kappa shape index (κ1) is 11.9. The molecule has 0 fully saturated rings. The van der Waals surface area contributed by atoms with Crippen molar-refractivity contribution in [1.82, 2.24) is 20.0 Å². The number of nitrogens with zero attached hydrogens (tertiary/aromatic N) is 3. The van der Waals surface area contributed by atoms with E-state index in [0.29, 0.717) is 18.3 Å². The van der Waals surface area contributed by atoms with Gasteiger partial charge < -0.3 is 14.4 Å². The molecule has 1 N–H and O–H groups in total. The van der Waals surface area contributed by atoms with Crippen molar-refractivity contribution in [3.05, 3.63) is 47.7 Å². The standard InChI is InChI=1S/C14H16N4O/c1-10-16-14(17-19-10)9-18-6-5-12-4-3-11(8-15-2)7-13(12)18/h3-7,15H,8-9H2,1-2H3. The minimum absolute atomic E-state index is 0.599. The van der Waals surface area contributed by atoms with Crippen molar-refractivity contribution in [3.8, 4) is 0 Å². The minimum atomic E-state index is 0.599. The molecule has 3 aromatic rings. The highest BCUT2D eigenvalue weighted by atomic mass is 16.5. The first-order chi connectivity index (χ1) is 9.26. The van der Waals surface area contributed by atoms with Crippen LogP contribution in [0.15, 0.2) is 35.0 Å². The maximum absolute atomic E-state index is 5.00. The molecule has 0 aliphatic carbocycles. The number of aromatic nitrogens is 3. The molecule has 3 rings (SSSR count). The van der Waals surface area contributed by atoms with Gasteiger partial charge in [0.2, 0.25) is 5.89 Å². The number of nitrogens with one attached hydrogen (secondary N) is 1. The molecule has 0 radical (unpaired) electrons. The Balaban J connectivity index is 1.96. The van der Waals surface area contributed by atoms with Gasteiger partial charge in [-0.2, -0.15) is 4.98 Å². The lowest BCUT2D eigenvalue weighted by atomic mass is 10.1. The van der Waals surface area contributed by atoms with Crippen LogP contribution in [0.5, 0.6) is 0 Å². The van der Waals surface area contributed by atoms with Crippen LogP contribution in [-0.4, -0.2) is 21.8 Å². The lowest BCUT2D eigenvalue weighted by molar-refractivity contribution is 0.386. The van der Waals surface area contributed by atoms with Crippen molar-refractivity contribution < 1.29 is 4.52 Å². The zero-order valence-electron chi connectivity index (χ0n) is 11.1. The molecule has 1 aromatic carbocycles. The van der Waals surface area contributed by atoms with Gasteiger partial charge in [0.15, 0.2) is 5.82 Å². The quantitative estimate of drug-likeness (QED) is 0.776. The zero-order chi connectivity index (χ0) is 13.2. The molecule has 5 nitrogen and oxygen atoms in total. The lowest BCUT2D eigenvalue weighted by Crippen LogP contribution is -2.05. The van der Waals surface area contributed by atoms with Crippen LogP contribution in [-0.2, 0) is 13.1 Å². The molecule has 19 heavy (non-hydrogen) atoms. The SMILES string of the molecule is CNCc1ccc2ccn(Cc3noc(C)n3)c2c1. The van der Waals surface area contributed by atoms with E-state index in [2.05, 4.69) is 50.5 Å². The highest BCUT2D eigenvalue weighted by molar-refractivity contribution is 5.80. The molecule has 98 valence electrons. The van der Waals surface area contributed by atoms with Crippen molar-refractivity contribution in [2.45, 2.75) is 20.0 Å². The van der Waals surface area contributed by atoms with Gasteiger partial charge in [0.1, 0.15) is 0 Å². The molecule has 0 unspecified atom stereocenters. The Morgan fingerprint density at radius 2 is 2.21 bits per heavy atom. The average molecular weight is 256 g/mol. The summed E-state index contributed by atoms with van der Waals surface area (Å²) in [6.07, 6.45) is 2.06. The van der Waals surface area contributed by atoms with Gasteiger partial charge in [-0.3, -0.25) is 0 Å². The third-order valence-corrected chi connectivity index (χ3v) is 3.10. The van der Waals surface area contributed by atoms with Gasteiger partial charge in [-0.1, -0.05) is 17.3 Å². The number of fused-ring (bicyclic) bond motifs is 1. The molecule has 0 amide bonds. The number of rotatable bonds is 4. The van der Waals surface area contributed by atoms with Crippen LogP contribution in [0.25, 0.3) is 10.9 Å². The van der Waals surface area contributed by atoms with Gasteiger partial charge in [-0.25, -0.2) is 0 Å². The molecular formula is C14H16N4O. The largest absolute Gasteiger partial charge is 0.340 e. The van der Waals surface area contributed by atoms with E-state index in [1.807, 2.05) is 7.05 Å². The van der Waals surface area contributed by atoms with Crippen LogP contribution in [0.4, 0.5) is 0 Å². The molecule has 0 saturated carbocycles. The second-order valence-corrected chi connectivity index (χ2v) is 4.60. The summed E-state index contributed by atoms with van der Waals surface area (Å²) in [5, 5.41) is 8.32. The van der Waals surface area contributed by atoms with Crippen molar-refractivity contribution in [2.75, 3.05) is 7.05 Å². The van der Waals surface area contributed by atoms with Crippen LogP contribution >= 0.6 is 0 Å². The molecule has 5 heteroatoms. The van der Waals surface area contributed by atoms with Crippen LogP contribution < -0.4 is 5.32 Å². The van der Waals surface area contributed by atoms with Crippen LogP contribution in [0.1, 0.15) is 17.3 Å². The van der Waals surface area contributed by atoms with Gasteiger partial charge in [-0.15, -0.1) is 0 Å². The fourth-order valence-electron chi connectivity index (χ4n) is 2.24. The van der Waals surface area contributed by atoms with Crippen LogP contribution in [0.2, 0.25) is 0 Å². The molecular weight excluding hydrogens is 240 g/mol. The van der Waals surface area contributed by atoms with E-state index in [1.165, 1.54) is 16.5 Å². The van der Waals surface area contributed by atoms with E-state index < -0.39 is 0 Å². The van der Waals surface area contributed by atoms with Crippen LogP contribution in [0.3, 0.4) is 0 Å². The molecule has 0 atom stereocenters. The first-order valence-electron chi connectivity index (χ1n) is 6.28. The average Bonchev–Trinajstić information content (AvgIpc) is 2.98. The van der Waals surface area contributed by atoms with Gasteiger partial charge in [0.05, 0.1) is 6.54 Å². The molecule has 0 bridgehead atoms. The Morgan fingerprint density at radius 1 is 1.32 bits per heavy atom. The number of hydrogen-bond acceptors (Lipinski definition) is 4. The number of hydrogen-bond donors (Lipinski definition) is 1. The monoisotopic (exact) mass is 256 g/mol. The smallest absolute Gasteiger partial charge is 0.223 e. The third-order valence-electron chi connectivity index (χ3n) is 3.10. The van der Waals surface area contributed by atoms with Gasteiger partial charge in [-0.05, 0) is 30.1 Å². The zero-order valence-corrected chi connectivity index (χ0v) is 11.1. The maximum Gasteiger partial charge on any atom is 0.223 e. The summed E-state index contributed by atoms with van der Waals surface area (Å²) in [7, 11) is 1.95. The molecule has 0 aliphatic heterocycles. The first-order valence-corrected chi connectivity index (χ1v) is 6.28. The predicted octanol–water partition coefficient (Wildman–Crippen LogP) is 2.10. The Bertz CT molecular complexity index is 698. The Morgan fingerprint density at radius 3 is 2.95 bits per heavy atom. The summed E-state index contributed by atoms with van der Waals surface area (Å²) in [6.45, 7) is 3.29. The van der Waals surface area contributed by atoms with Gasteiger partial charge in [0, 0.05) is 25.2 Å². The Hall–Kier alpha value is -2.14. The molecule has 2 aromatic heterocycles. The van der Waals surface area contributed by atoms with Crippen LogP contribution in [0, 0.1) is 6.92 Å². The maximum atomic E-state index is 5.00. The van der Waals surface area contributed by atoms with E-state index in [0.717, 1.165) is 6.54 Å².